The van der Waals surface area contributed by atoms with E-state index in [0.717, 1.165) is 0 Å². The van der Waals surface area contributed by atoms with Crippen LogP contribution in [0.15, 0.2) is 42.5 Å². The highest BCUT2D eigenvalue weighted by Crippen LogP contribution is 2.35. The lowest BCUT2D eigenvalue weighted by Gasteiger charge is -2.33. The SMILES string of the molecule is CC[C@@H]1Oc2ccccc2N(CC(=O)Nc2ccc3c(c2)OCCO3)C1=O. The van der Waals surface area contributed by atoms with Crippen LogP contribution in [-0.2, 0) is 9.59 Å². The Morgan fingerprint density at radius 1 is 1.11 bits per heavy atom. The van der Waals surface area contributed by atoms with E-state index in [1.807, 2.05) is 19.1 Å². The molecule has 0 bridgehead atoms. The van der Waals surface area contributed by atoms with Crippen molar-refractivity contribution in [3.8, 4) is 17.2 Å². The van der Waals surface area contributed by atoms with Crippen LogP contribution >= 0.6 is 0 Å². The van der Waals surface area contributed by atoms with Crippen molar-refractivity contribution in [2.45, 2.75) is 19.4 Å². The summed E-state index contributed by atoms with van der Waals surface area (Å²) in [4.78, 5) is 26.7. The van der Waals surface area contributed by atoms with Gasteiger partial charge >= 0.3 is 0 Å². The molecule has 0 fully saturated rings. The zero-order chi connectivity index (χ0) is 18.8. The van der Waals surface area contributed by atoms with Gasteiger partial charge in [-0.15, -0.1) is 0 Å². The first-order valence-corrected chi connectivity index (χ1v) is 8.92. The monoisotopic (exact) mass is 368 g/mol. The summed E-state index contributed by atoms with van der Waals surface area (Å²) in [5.74, 6) is 1.34. The van der Waals surface area contributed by atoms with Gasteiger partial charge in [-0.3, -0.25) is 14.5 Å². The molecular formula is C20H20N2O5. The summed E-state index contributed by atoms with van der Waals surface area (Å²) in [6, 6.07) is 12.5. The highest BCUT2D eigenvalue weighted by molar-refractivity contribution is 6.06. The molecule has 1 atom stereocenters. The van der Waals surface area contributed by atoms with Crippen LogP contribution in [0.4, 0.5) is 11.4 Å². The molecule has 0 spiro atoms. The molecule has 0 aromatic heterocycles. The van der Waals surface area contributed by atoms with Crippen LogP contribution in [0.25, 0.3) is 0 Å². The van der Waals surface area contributed by atoms with Gasteiger partial charge in [0.1, 0.15) is 25.5 Å². The van der Waals surface area contributed by atoms with Gasteiger partial charge < -0.3 is 19.5 Å². The number of amides is 2. The van der Waals surface area contributed by atoms with Gasteiger partial charge in [-0.05, 0) is 30.7 Å². The molecule has 0 radical (unpaired) electrons. The number of hydrogen-bond acceptors (Lipinski definition) is 5. The Morgan fingerprint density at radius 2 is 1.89 bits per heavy atom. The third-order valence-corrected chi connectivity index (χ3v) is 4.47. The summed E-state index contributed by atoms with van der Waals surface area (Å²) in [5.41, 5.74) is 1.19. The number of anilines is 2. The number of para-hydroxylation sites is 2. The summed E-state index contributed by atoms with van der Waals surface area (Å²) in [6.45, 7) is 2.77. The standard InChI is InChI=1S/C20H20N2O5/c1-2-15-20(24)22(14-5-3-4-6-16(14)27-15)12-19(23)21-13-7-8-17-18(11-13)26-10-9-25-17/h3-8,11,15H,2,9-10,12H2,1H3,(H,21,23)/t15-/m0/s1. The highest BCUT2D eigenvalue weighted by atomic mass is 16.6. The Bertz CT molecular complexity index is 882. The maximum absolute atomic E-state index is 12.7. The van der Waals surface area contributed by atoms with E-state index in [9.17, 15) is 9.59 Å². The number of nitrogens with zero attached hydrogens (tertiary/aromatic N) is 1. The molecule has 7 heteroatoms. The third-order valence-electron chi connectivity index (χ3n) is 4.47. The highest BCUT2D eigenvalue weighted by Gasteiger charge is 2.34. The fourth-order valence-corrected chi connectivity index (χ4v) is 3.16. The van der Waals surface area contributed by atoms with Gasteiger partial charge in [0, 0.05) is 11.8 Å². The maximum atomic E-state index is 12.7. The normalized spacial score (nSPS) is 17.7. The number of hydrogen-bond donors (Lipinski definition) is 1. The second-order valence-corrected chi connectivity index (χ2v) is 6.31. The van der Waals surface area contributed by atoms with Gasteiger partial charge in [-0.1, -0.05) is 19.1 Å². The zero-order valence-electron chi connectivity index (χ0n) is 14.9. The Labute approximate surface area is 156 Å². The Balaban J connectivity index is 1.51. The van der Waals surface area contributed by atoms with Crippen molar-refractivity contribution < 1.29 is 23.8 Å². The molecule has 0 saturated heterocycles. The predicted molar refractivity (Wildman–Crippen MR) is 99.6 cm³/mol. The van der Waals surface area contributed by atoms with Crippen molar-refractivity contribution in [3.05, 3.63) is 42.5 Å². The predicted octanol–water partition coefficient (Wildman–Crippen LogP) is 2.60. The number of benzene rings is 2. The number of rotatable bonds is 4. The van der Waals surface area contributed by atoms with Crippen molar-refractivity contribution in [2.24, 2.45) is 0 Å². The van der Waals surface area contributed by atoms with Crippen molar-refractivity contribution in [1.82, 2.24) is 0 Å². The van der Waals surface area contributed by atoms with Crippen molar-refractivity contribution in [2.75, 3.05) is 30.0 Å². The molecular weight excluding hydrogens is 348 g/mol. The second-order valence-electron chi connectivity index (χ2n) is 6.31. The van der Waals surface area contributed by atoms with E-state index in [1.165, 1.54) is 4.90 Å². The van der Waals surface area contributed by atoms with Gasteiger partial charge in [-0.25, -0.2) is 0 Å². The van der Waals surface area contributed by atoms with Crippen LogP contribution in [0.1, 0.15) is 13.3 Å². The molecule has 140 valence electrons. The molecule has 2 aromatic rings. The number of nitrogens with one attached hydrogen (secondary N) is 1. The summed E-state index contributed by atoms with van der Waals surface area (Å²) >= 11 is 0. The van der Waals surface area contributed by atoms with Crippen LogP contribution in [0.2, 0.25) is 0 Å². The molecule has 2 aromatic carbocycles. The van der Waals surface area contributed by atoms with Crippen LogP contribution in [0, 0.1) is 0 Å². The van der Waals surface area contributed by atoms with E-state index in [-0.39, 0.29) is 18.4 Å². The molecule has 2 aliphatic rings. The molecule has 27 heavy (non-hydrogen) atoms. The van der Waals surface area contributed by atoms with Crippen molar-refractivity contribution >= 4 is 23.2 Å². The smallest absolute Gasteiger partial charge is 0.268 e. The first-order chi connectivity index (χ1) is 13.2. The largest absolute Gasteiger partial charge is 0.486 e. The molecule has 0 saturated carbocycles. The lowest BCUT2D eigenvalue weighted by Crippen LogP contribution is -2.48. The molecule has 4 rings (SSSR count). The fourth-order valence-electron chi connectivity index (χ4n) is 3.16. The third kappa shape index (κ3) is 3.40. The summed E-state index contributed by atoms with van der Waals surface area (Å²) in [5, 5.41) is 2.81. The zero-order valence-corrected chi connectivity index (χ0v) is 14.9. The minimum Gasteiger partial charge on any atom is -0.486 e. The fraction of sp³-hybridized carbons (Fsp3) is 0.300. The minimum absolute atomic E-state index is 0.0931. The molecule has 1 N–H and O–H groups in total. The summed E-state index contributed by atoms with van der Waals surface area (Å²) in [7, 11) is 0. The molecule has 0 unspecified atom stereocenters. The van der Waals surface area contributed by atoms with Crippen LogP contribution in [0.5, 0.6) is 17.2 Å². The van der Waals surface area contributed by atoms with E-state index >= 15 is 0 Å². The van der Waals surface area contributed by atoms with E-state index in [0.29, 0.717) is 48.3 Å². The number of carbonyl (C=O) groups is 2. The Kier molecular flexibility index (Phi) is 4.58. The van der Waals surface area contributed by atoms with E-state index in [4.69, 9.17) is 14.2 Å². The first-order valence-electron chi connectivity index (χ1n) is 8.92. The minimum atomic E-state index is -0.581. The lowest BCUT2D eigenvalue weighted by molar-refractivity contribution is -0.128. The Morgan fingerprint density at radius 3 is 2.70 bits per heavy atom. The average Bonchev–Trinajstić information content (AvgIpc) is 2.69. The second kappa shape index (κ2) is 7.19. The van der Waals surface area contributed by atoms with Crippen molar-refractivity contribution in [1.29, 1.82) is 0 Å². The average molecular weight is 368 g/mol. The van der Waals surface area contributed by atoms with Crippen LogP contribution in [-0.4, -0.2) is 37.7 Å². The maximum Gasteiger partial charge on any atom is 0.268 e. The summed E-state index contributed by atoms with van der Waals surface area (Å²) < 4.78 is 16.7. The van der Waals surface area contributed by atoms with E-state index in [2.05, 4.69) is 5.32 Å². The number of ether oxygens (including phenoxy) is 3. The summed E-state index contributed by atoms with van der Waals surface area (Å²) in [6.07, 6.45) is -0.0463. The number of carbonyl (C=O) groups excluding carboxylic acids is 2. The van der Waals surface area contributed by atoms with Gasteiger partial charge in [0.2, 0.25) is 5.91 Å². The molecule has 2 aliphatic heterocycles. The number of fused-ring (bicyclic) bond motifs is 2. The van der Waals surface area contributed by atoms with Gasteiger partial charge in [-0.2, -0.15) is 0 Å². The molecule has 7 nitrogen and oxygen atoms in total. The van der Waals surface area contributed by atoms with Gasteiger partial charge in [0.25, 0.3) is 5.91 Å². The molecule has 2 amide bonds. The van der Waals surface area contributed by atoms with Gasteiger partial charge in [0.05, 0.1) is 5.69 Å². The van der Waals surface area contributed by atoms with Crippen LogP contribution in [0.3, 0.4) is 0 Å². The first kappa shape index (κ1) is 17.2. The van der Waals surface area contributed by atoms with E-state index < -0.39 is 6.10 Å². The Hall–Kier alpha value is -3.22. The van der Waals surface area contributed by atoms with E-state index in [1.54, 1.807) is 30.3 Å². The van der Waals surface area contributed by atoms with Crippen molar-refractivity contribution in [3.63, 3.8) is 0 Å². The van der Waals surface area contributed by atoms with Gasteiger partial charge in [0.15, 0.2) is 17.6 Å². The molecule has 0 aliphatic carbocycles. The quantitative estimate of drug-likeness (QED) is 0.898. The topological polar surface area (TPSA) is 77.1 Å². The van der Waals surface area contributed by atoms with Crippen LogP contribution < -0.4 is 24.4 Å². The lowest BCUT2D eigenvalue weighted by atomic mass is 10.1. The molecule has 2 heterocycles.